The molecule has 0 spiro atoms. The van der Waals surface area contributed by atoms with E-state index in [1.165, 1.54) is 4.90 Å². The predicted octanol–water partition coefficient (Wildman–Crippen LogP) is 5.43. The van der Waals surface area contributed by atoms with E-state index in [2.05, 4.69) is 27.6 Å². The first kappa shape index (κ1) is 16.2. The average Bonchev–Trinajstić information content (AvgIpc) is 2.98. The van der Waals surface area contributed by atoms with Crippen molar-refractivity contribution in [1.29, 1.82) is 0 Å². The van der Waals surface area contributed by atoms with Gasteiger partial charge in [-0.05, 0) is 36.1 Å². The smallest absolute Gasteiger partial charge is 0.320 e. The number of rotatable bonds is 5. The molecule has 0 radical (unpaired) electrons. The summed E-state index contributed by atoms with van der Waals surface area (Å²) < 4.78 is 5.64. The zero-order valence-electron chi connectivity index (χ0n) is 12.2. The van der Waals surface area contributed by atoms with Crippen LogP contribution < -0.4 is 5.32 Å². The number of nitrogens with one attached hydrogen (secondary N) is 1. The van der Waals surface area contributed by atoms with Crippen LogP contribution >= 0.6 is 35.0 Å². The standard InChI is InChI=1S/C16H13Cl2N3OS/c1-23-14-5-3-2-4-10(14)8-15-20-21-16(22-15)19-13-9-11(17)6-7-12(13)18/h2-7,9H,8H2,1H3,(H,19,21). The lowest BCUT2D eigenvalue weighted by molar-refractivity contribution is 0.520. The van der Waals surface area contributed by atoms with E-state index in [1.807, 2.05) is 18.4 Å². The lowest BCUT2D eigenvalue weighted by atomic mass is 10.1. The summed E-state index contributed by atoms with van der Waals surface area (Å²) in [4.78, 5) is 1.19. The largest absolute Gasteiger partial charge is 0.408 e. The van der Waals surface area contributed by atoms with Gasteiger partial charge in [0.2, 0.25) is 5.89 Å². The molecule has 2 aromatic carbocycles. The minimum atomic E-state index is 0.283. The SMILES string of the molecule is CSc1ccccc1Cc1nnc(Nc2cc(Cl)ccc2Cl)o1. The zero-order valence-corrected chi connectivity index (χ0v) is 14.5. The molecule has 0 bridgehead atoms. The molecule has 0 fully saturated rings. The molecule has 0 aliphatic heterocycles. The number of thioether (sulfide) groups is 1. The Morgan fingerprint density at radius 1 is 1.13 bits per heavy atom. The quantitative estimate of drug-likeness (QED) is 0.610. The van der Waals surface area contributed by atoms with Crippen molar-refractivity contribution in [1.82, 2.24) is 10.2 Å². The number of nitrogens with zero attached hydrogens (tertiary/aromatic N) is 2. The molecule has 4 nitrogen and oxygen atoms in total. The Labute approximate surface area is 148 Å². The lowest BCUT2D eigenvalue weighted by Gasteiger charge is -2.05. The van der Waals surface area contributed by atoms with Gasteiger partial charge in [0.25, 0.3) is 0 Å². The third kappa shape index (κ3) is 3.99. The Bertz CT molecular complexity index is 823. The van der Waals surface area contributed by atoms with Crippen LogP contribution in [0.2, 0.25) is 10.0 Å². The maximum Gasteiger partial charge on any atom is 0.320 e. The first-order chi connectivity index (χ1) is 11.2. The van der Waals surface area contributed by atoms with Gasteiger partial charge in [0.15, 0.2) is 0 Å². The van der Waals surface area contributed by atoms with E-state index >= 15 is 0 Å². The fraction of sp³-hybridized carbons (Fsp3) is 0.125. The van der Waals surface area contributed by atoms with Crippen LogP contribution in [0.3, 0.4) is 0 Å². The zero-order chi connectivity index (χ0) is 16.2. The van der Waals surface area contributed by atoms with Crippen molar-refractivity contribution >= 4 is 46.7 Å². The van der Waals surface area contributed by atoms with Gasteiger partial charge in [-0.3, -0.25) is 0 Å². The number of hydrogen-bond donors (Lipinski definition) is 1. The van der Waals surface area contributed by atoms with Crippen LogP contribution in [0.4, 0.5) is 11.7 Å². The van der Waals surface area contributed by atoms with Crippen LogP contribution in [0, 0.1) is 0 Å². The lowest BCUT2D eigenvalue weighted by Crippen LogP contribution is -1.91. The fourth-order valence-corrected chi connectivity index (χ4v) is 3.05. The molecule has 0 aliphatic rings. The van der Waals surface area contributed by atoms with Gasteiger partial charge in [-0.2, -0.15) is 0 Å². The highest BCUT2D eigenvalue weighted by Crippen LogP contribution is 2.28. The summed E-state index contributed by atoms with van der Waals surface area (Å²) in [5.74, 6) is 0.534. The maximum atomic E-state index is 6.11. The molecule has 1 aromatic heterocycles. The predicted molar refractivity (Wildman–Crippen MR) is 95.1 cm³/mol. The molecule has 1 N–H and O–H groups in total. The molecule has 23 heavy (non-hydrogen) atoms. The minimum absolute atomic E-state index is 0.283. The molecule has 118 valence electrons. The van der Waals surface area contributed by atoms with Crippen molar-refractivity contribution < 1.29 is 4.42 Å². The summed E-state index contributed by atoms with van der Waals surface area (Å²) in [6.45, 7) is 0. The Kier molecular flexibility index (Phi) is 5.10. The van der Waals surface area contributed by atoms with E-state index in [1.54, 1.807) is 30.0 Å². The number of benzene rings is 2. The second kappa shape index (κ2) is 7.25. The van der Waals surface area contributed by atoms with Gasteiger partial charge in [-0.25, -0.2) is 0 Å². The molecule has 7 heteroatoms. The molecule has 3 aromatic rings. The topological polar surface area (TPSA) is 51.0 Å². The number of halogens is 2. The summed E-state index contributed by atoms with van der Waals surface area (Å²) in [6.07, 6.45) is 2.62. The molecule has 0 atom stereocenters. The van der Waals surface area contributed by atoms with Crippen LogP contribution in [-0.4, -0.2) is 16.5 Å². The molecule has 1 heterocycles. The Morgan fingerprint density at radius 3 is 2.78 bits per heavy atom. The van der Waals surface area contributed by atoms with Crippen LogP contribution in [0.1, 0.15) is 11.5 Å². The van der Waals surface area contributed by atoms with E-state index in [0.717, 1.165) is 5.56 Å². The van der Waals surface area contributed by atoms with Gasteiger partial charge in [0.05, 0.1) is 17.1 Å². The Hall–Kier alpha value is -1.69. The second-order valence-corrected chi connectivity index (χ2v) is 6.43. The molecule has 0 amide bonds. The first-order valence-electron chi connectivity index (χ1n) is 6.82. The maximum absolute atomic E-state index is 6.11. The average molecular weight is 366 g/mol. The highest BCUT2D eigenvalue weighted by atomic mass is 35.5. The van der Waals surface area contributed by atoms with E-state index in [4.69, 9.17) is 27.6 Å². The number of hydrogen-bond acceptors (Lipinski definition) is 5. The van der Waals surface area contributed by atoms with Gasteiger partial charge in [0.1, 0.15) is 0 Å². The van der Waals surface area contributed by atoms with Crippen molar-refractivity contribution in [3.05, 3.63) is 64.0 Å². The van der Waals surface area contributed by atoms with Crippen LogP contribution in [-0.2, 0) is 6.42 Å². The third-order valence-corrected chi connectivity index (χ3v) is 4.57. The highest BCUT2D eigenvalue weighted by molar-refractivity contribution is 7.98. The molecule has 0 unspecified atom stereocenters. The minimum Gasteiger partial charge on any atom is -0.408 e. The van der Waals surface area contributed by atoms with E-state index in [0.29, 0.717) is 28.0 Å². The summed E-state index contributed by atoms with van der Waals surface area (Å²) in [5.41, 5.74) is 1.77. The van der Waals surface area contributed by atoms with E-state index < -0.39 is 0 Å². The van der Waals surface area contributed by atoms with Crippen molar-refractivity contribution in [3.8, 4) is 0 Å². The Balaban J connectivity index is 1.77. The Morgan fingerprint density at radius 2 is 1.96 bits per heavy atom. The van der Waals surface area contributed by atoms with Crippen molar-refractivity contribution in [3.63, 3.8) is 0 Å². The summed E-state index contributed by atoms with van der Waals surface area (Å²) >= 11 is 13.8. The van der Waals surface area contributed by atoms with Gasteiger partial charge in [0, 0.05) is 9.92 Å². The monoisotopic (exact) mass is 365 g/mol. The van der Waals surface area contributed by atoms with Crippen molar-refractivity contribution in [2.75, 3.05) is 11.6 Å². The molecule has 0 saturated carbocycles. The van der Waals surface area contributed by atoms with Crippen LogP contribution in [0.25, 0.3) is 0 Å². The van der Waals surface area contributed by atoms with Gasteiger partial charge < -0.3 is 9.73 Å². The van der Waals surface area contributed by atoms with Crippen molar-refractivity contribution in [2.24, 2.45) is 0 Å². The van der Waals surface area contributed by atoms with E-state index in [9.17, 15) is 0 Å². The van der Waals surface area contributed by atoms with Gasteiger partial charge >= 0.3 is 6.01 Å². The summed E-state index contributed by atoms with van der Waals surface area (Å²) in [5, 5.41) is 12.2. The molecule has 0 saturated heterocycles. The normalized spacial score (nSPS) is 10.7. The molecule has 3 rings (SSSR count). The number of aromatic nitrogens is 2. The van der Waals surface area contributed by atoms with Gasteiger partial charge in [-0.1, -0.05) is 46.5 Å². The number of anilines is 2. The second-order valence-electron chi connectivity index (χ2n) is 4.74. The molecular formula is C16H13Cl2N3OS. The highest BCUT2D eigenvalue weighted by Gasteiger charge is 2.11. The first-order valence-corrected chi connectivity index (χ1v) is 8.80. The van der Waals surface area contributed by atoms with Crippen molar-refractivity contribution in [2.45, 2.75) is 11.3 Å². The summed E-state index contributed by atoms with van der Waals surface area (Å²) in [6, 6.07) is 13.5. The van der Waals surface area contributed by atoms with Crippen LogP contribution in [0.15, 0.2) is 51.8 Å². The van der Waals surface area contributed by atoms with Gasteiger partial charge in [-0.15, -0.1) is 16.9 Å². The van der Waals surface area contributed by atoms with Crippen LogP contribution in [0.5, 0.6) is 0 Å². The molecular weight excluding hydrogens is 353 g/mol. The fourth-order valence-electron chi connectivity index (χ4n) is 2.10. The third-order valence-electron chi connectivity index (χ3n) is 3.17. The molecule has 0 aliphatic carbocycles. The summed E-state index contributed by atoms with van der Waals surface area (Å²) in [7, 11) is 0. The van der Waals surface area contributed by atoms with E-state index in [-0.39, 0.29) is 6.01 Å².